The molecule has 1 amide bonds. The van der Waals surface area contributed by atoms with E-state index in [0.29, 0.717) is 17.5 Å². The van der Waals surface area contributed by atoms with Crippen LogP contribution in [0.25, 0.3) is 11.0 Å². The summed E-state index contributed by atoms with van der Waals surface area (Å²) in [6.45, 7) is -0.814. The Labute approximate surface area is 179 Å². The molecule has 1 aromatic heterocycles. The lowest BCUT2D eigenvalue weighted by Crippen LogP contribution is -2.28. The molecule has 0 fully saturated rings. The molecule has 2 N–H and O–H groups in total. The molecule has 0 aliphatic rings. The molecule has 1 atom stereocenters. The molecule has 0 bridgehead atoms. The number of nitrogens with one attached hydrogen (secondary N) is 2. The Morgan fingerprint density at radius 3 is 2.45 bits per heavy atom. The molecular formula is C21H24F2N4O3S. The number of benzene rings is 2. The van der Waals surface area contributed by atoms with Gasteiger partial charge in [0.2, 0.25) is 15.9 Å². The van der Waals surface area contributed by atoms with E-state index in [-0.39, 0.29) is 29.6 Å². The summed E-state index contributed by atoms with van der Waals surface area (Å²) in [5, 5.41) is 2.76. The van der Waals surface area contributed by atoms with E-state index < -0.39 is 22.5 Å². The Morgan fingerprint density at radius 1 is 1.13 bits per heavy atom. The van der Waals surface area contributed by atoms with Gasteiger partial charge in [0.05, 0.1) is 15.9 Å². The number of rotatable bonds is 9. The van der Waals surface area contributed by atoms with Crippen LogP contribution in [0.1, 0.15) is 37.2 Å². The van der Waals surface area contributed by atoms with Crippen LogP contribution in [-0.4, -0.2) is 37.5 Å². The summed E-state index contributed by atoms with van der Waals surface area (Å²) in [7, 11) is -2.16. The van der Waals surface area contributed by atoms with Crippen molar-refractivity contribution in [3.05, 3.63) is 59.9 Å². The van der Waals surface area contributed by atoms with Gasteiger partial charge in [-0.2, -0.15) is 8.78 Å². The Kier molecular flexibility index (Phi) is 7.01. The summed E-state index contributed by atoms with van der Waals surface area (Å²) >= 11 is 0. The average molecular weight is 451 g/mol. The van der Waals surface area contributed by atoms with Gasteiger partial charge in [0.15, 0.2) is 0 Å². The van der Waals surface area contributed by atoms with Crippen molar-refractivity contribution in [2.24, 2.45) is 0 Å². The third-order valence-electron chi connectivity index (χ3n) is 5.01. The SMILES string of the molecule is CNS(=O)(=O)c1ccc(CCC(=O)NC[C@@H](C)c2nc3ccccc3n2C(F)F)cc1. The first kappa shape index (κ1) is 22.8. The molecule has 7 nitrogen and oxygen atoms in total. The number of carbonyl (C=O) groups excluding carboxylic acids is 1. The van der Waals surface area contributed by atoms with Crippen molar-refractivity contribution in [2.75, 3.05) is 13.6 Å². The molecule has 0 radical (unpaired) electrons. The highest BCUT2D eigenvalue weighted by Gasteiger charge is 2.22. The van der Waals surface area contributed by atoms with Gasteiger partial charge < -0.3 is 5.32 Å². The van der Waals surface area contributed by atoms with E-state index >= 15 is 0 Å². The minimum Gasteiger partial charge on any atom is -0.355 e. The molecular weight excluding hydrogens is 426 g/mol. The van der Waals surface area contributed by atoms with Gasteiger partial charge in [-0.3, -0.25) is 9.36 Å². The number of amides is 1. The molecule has 0 aliphatic heterocycles. The molecule has 1 heterocycles. The maximum Gasteiger partial charge on any atom is 0.320 e. The summed E-state index contributed by atoms with van der Waals surface area (Å²) in [5.41, 5.74) is 1.66. The van der Waals surface area contributed by atoms with Gasteiger partial charge in [0, 0.05) is 18.9 Å². The van der Waals surface area contributed by atoms with E-state index in [4.69, 9.17) is 0 Å². The van der Waals surface area contributed by atoms with Gasteiger partial charge >= 0.3 is 6.55 Å². The first-order valence-electron chi connectivity index (χ1n) is 9.77. The van der Waals surface area contributed by atoms with Crippen LogP contribution in [0.4, 0.5) is 8.78 Å². The van der Waals surface area contributed by atoms with E-state index in [1.54, 1.807) is 43.3 Å². The molecule has 0 aliphatic carbocycles. The first-order chi connectivity index (χ1) is 14.7. The van der Waals surface area contributed by atoms with Gasteiger partial charge in [0.25, 0.3) is 0 Å². The van der Waals surface area contributed by atoms with Crippen molar-refractivity contribution in [2.45, 2.75) is 37.1 Å². The zero-order valence-electron chi connectivity index (χ0n) is 17.2. The number of para-hydroxylation sites is 2. The second kappa shape index (κ2) is 9.52. The van der Waals surface area contributed by atoms with Crippen LogP contribution in [0.3, 0.4) is 0 Å². The number of aryl methyl sites for hydroxylation is 1. The molecule has 0 spiro atoms. The molecule has 0 saturated carbocycles. The zero-order valence-corrected chi connectivity index (χ0v) is 18.0. The number of hydrogen-bond acceptors (Lipinski definition) is 4. The lowest BCUT2D eigenvalue weighted by atomic mass is 10.1. The standard InChI is InChI=1S/C21H24F2N4O3S/c1-14(20-26-17-5-3-4-6-18(17)27(20)21(22)23)13-25-19(28)12-9-15-7-10-16(11-8-15)31(29,30)24-2/h3-8,10-11,14,21,24H,9,12-13H2,1-2H3,(H,25,28)/t14-/m1/s1. The van der Waals surface area contributed by atoms with Crippen LogP contribution in [0, 0.1) is 0 Å². The molecule has 3 aromatic rings. The van der Waals surface area contributed by atoms with Crippen LogP contribution in [0.2, 0.25) is 0 Å². The summed E-state index contributed by atoms with van der Waals surface area (Å²) < 4.78 is 53.8. The fourth-order valence-corrected chi connectivity index (χ4v) is 4.00. The fourth-order valence-electron chi connectivity index (χ4n) is 3.27. The number of alkyl halides is 2. The van der Waals surface area contributed by atoms with E-state index in [9.17, 15) is 22.0 Å². The highest BCUT2D eigenvalue weighted by Crippen LogP contribution is 2.27. The maximum absolute atomic E-state index is 13.6. The van der Waals surface area contributed by atoms with Crippen LogP contribution in [0.15, 0.2) is 53.4 Å². The number of hydrogen-bond donors (Lipinski definition) is 2. The Bertz CT molecular complexity index is 1160. The van der Waals surface area contributed by atoms with Gasteiger partial charge in [-0.05, 0) is 43.3 Å². The first-order valence-corrected chi connectivity index (χ1v) is 11.3. The summed E-state index contributed by atoms with van der Waals surface area (Å²) in [6.07, 6.45) is 0.617. The van der Waals surface area contributed by atoms with Crippen LogP contribution in [-0.2, 0) is 21.2 Å². The molecule has 0 unspecified atom stereocenters. The second-order valence-corrected chi connectivity index (χ2v) is 9.05. The van der Waals surface area contributed by atoms with Gasteiger partial charge in [-0.1, -0.05) is 31.2 Å². The van der Waals surface area contributed by atoms with Gasteiger partial charge in [-0.25, -0.2) is 18.1 Å². The molecule has 31 heavy (non-hydrogen) atoms. The van der Waals surface area contributed by atoms with Gasteiger partial charge in [0.1, 0.15) is 5.82 Å². The largest absolute Gasteiger partial charge is 0.355 e. The Balaban J connectivity index is 1.58. The third kappa shape index (κ3) is 5.26. The van der Waals surface area contributed by atoms with Crippen molar-refractivity contribution in [3.63, 3.8) is 0 Å². The summed E-state index contributed by atoms with van der Waals surface area (Å²) in [6, 6.07) is 13.0. The third-order valence-corrected chi connectivity index (χ3v) is 6.44. The number of sulfonamides is 1. The molecule has 2 aromatic carbocycles. The highest BCUT2D eigenvalue weighted by molar-refractivity contribution is 7.89. The molecule has 3 rings (SSSR count). The average Bonchev–Trinajstić information content (AvgIpc) is 3.16. The maximum atomic E-state index is 13.6. The quantitative estimate of drug-likeness (QED) is 0.524. The zero-order chi connectivity index (χ0) is 22.6. The van der Waals surface area contributed by atoms with Crippen molar-refractivity contribution in [1.82, 2.24) is 19.6 Å². The number of carbonyl (C=O) groups is 1. The van der Waals surface area contributed by atoms with E-state index in [1.807, 2.05) is 0 Å². The Hall–Kier alpha value is -2.85. The minimum absolute atomic E-state index is 0.152. The monoisotopic (exact) mass is 450 g/mol. The number of halogens is 2. The smallest absolute Gasteiger partial charge is 0.320 e. The van der Waals surface area contributed by atoms with Crippen molar-refractivity contribution in [1.29, 1.82) is 0 Å². The van der Waals surface area contributed by atoms with Crippen molar-refractivity contribution in [3.8, 4) is 0 Å². The lowest BCUT2D eigenvalue weighted by molar-refractivity contribution is -0.121. The number of imidazole rings is 1. The van der Waals surface area contributed by atoms with Crippen LogP contribution >= 0.6 is 0 Å². The highest BCUT2D eigenvalue weighted by atomic mass is 32.2. The Morgan fingerprint density at radius 2 is 1.81 bits per heavy atom. The fraction of sp³-hybridized carbons (Fsp3) is 0.333. The predicted octanol–water partition coefficient (Wildman–Crippen LogP) is 3.19. The predicted molar refractivity (Wildman–Crippen MR) is 113 cm³/mol. The van der Waals surface area contributed by atoms with Crippen molar-refractivity contribution >= 4 is 27.0 Å². The summed E-state index contributed by atoms with van der Waals surface area (Å²) in [4.78, 5) is 16.7. The van der Waals surface area contributed by atoms with E-state index in [0.717, 1.165) is 10.1 Å². The number of nitrogens with zero attached hydrogens (tertiary/aromatic N) is 2. The lowest BCUT2D eigenvalue weighted by Gasteiger charge is -2.15. The van der Waals surface area contributed by atoms with E-state index in [1.165, 1.54) is 19.2 Å². The van der Waals surface area contributed by atoms with Gasteiger partial charge in [-0.15, -0.1) is 0 Å². The molecule has 166 valence electrons. The van der Waals surface area contributed by atoms with Crippen LogP contribution < -0.4 is 10.0 Å². The molecule has 10 heteroatoms. The number of aromatic nitrogens is 2. The minimum atomic E-state index is -3.50. The molecule has 0 saturated heterocycles. The van der Waals surface area contributed by atoms with Crippen LogP contribution in [0.5, 0.6) is 0 Å². The summed E-state index contributed by atoms with van der Waals surface area (Å²) in [5.74, 6) is -0.410. The van der Waals surface area contributed by atoms with Crippen molar-refractivity contribution < 1.29 is 22.0 Å². The normalized spacial score (nSPS) is 12.9. The topological polar surface area (TPSA) is 93.1 Å². The van der Waals surface area contributed by atoms with E-state index in [2.05, 4.69) is 15.0 Å². The second-order valence-electron chi connectivity index (χ2n) is 7.16. The number of fused-ring (bicyclic) bond motifs is 1.